The molecule has 0 heterocycles. The Balaban J connectivity index is 2.69. The summed E-state index contributed by atoms with van der Waals surface area (Å²) in [4.78, 5) is 10.6. The summed E-state index contributed by atoms with van der Waals surface area (Å²) in [7, 11) is 0. The molecule has 2 nitrogen and oxygen atoms in total. The lowest BCUT2D eigenvalue weighted by Crippen LogP contribution is -2.20. The topological polar surface area (TPSA) is 37.3 Å². The van der Waals surface area contributed by atoms with Crippen LogP contribution in [0.2, 0.25) is 0 Å². The van der Waals surface area contributed by atoms with Crippen LogP contribution in [0.15, 0.2) is 11.6 Å². The minimum Gasteiger partial charge on any atom is -0.478 e. The Labute approximate surface area is 86.0 Å². The van der Waals surface area contributed by atoms with Crippen LogP contribution in [-0.4, -0.2) is 11.1 Å². The van der Waals surface area contributed by atoms with Gasteiger partial charge in [-0.05, 0) is 37.0 Å². The van der Waals surface area contributed by atoms with Crippen LogP contribution in [-0.2, 0) is 4.79 Å². The van der Waals surface area contributed by atoms with E-state index in [4.69, 9.17) is 5.11 Å². The summed E-state index contributed by atoms with van der Waals surface area (Å²) in [5, 5.41) is 8.73. The van der Waals surface area contributed by atoms with Gasteiger partial charge in [-0.3, -0.25) is 0 Å². The Hall–Kier alpha value is -0.790. The van der Waals surface area contributed by atoms with Gasteiger partial charge in [-0.15, -0.1) is 0 Å². The second kappa shape index (κ2) is 4.63. The van der Waals surface area contributed by atoms with Crippen molar-refractivity contribution in [2.45, 2.75) is 40.0 Å². The summed E-state index contributed by atoms with van der Waals surface area (Å²) < 4.78 is 0. The van der Waals surface area contributed by atoms with E-state index in [1.807, 2.05) is 0 Å². The van der Waals surface area contributed by atoms with Gasteiger partial charge < -0.3 is 5.11 Å². The van der Waals surface area contributed by atoms with E-state index >= 15 is 0 Å². The second-order valence-corrected chi connectivity index (χ2v) is 4.74. The molecule has 1 aliphatic rings. The van der Waals surface area contributed by atoms with Crippen LogP contribution in [0.3, 0.4) is 0 Å². The monoisotopic (exact) mass is 196 g/mol. The van der Waals surface area contributed by atoms with Crippen LogP contribution >= 0.6 is 0 Å². The van der Waals surface area contributed by atoms with Gasteiger partial charge in [0.15, 0.2) is 0 Å². The van der Waals surface area contributed by atoms with Crippen LogP contribution in [0, 0.1) is 17.8 Å². The molecule has 80 valence electrons. The molecular formula is C12H20O2. The normalized spacial score (nSPS) is 31.0. The first-order valence-electron chi connectivity index (χ1n) is 5.44. The van der Waals surface area contributed by atoms with Gasteiger partial charge in [0.1, 0.15) is 0 Å². The molecule has 0 aromatic carbocycles. The average Bonchev–Trinajstić information content (AvgIpc) is 2.07. The molecule has 0 spiro atoms. The summed E-state index contributed by atoms with van der Waals surface area (Å²) in [5.41, 5.74) is 1.13. The van der Waals surface area contributed by atoms with E-state index in [1.54, 1.807) is 0 Å². The predicted molar refractivity (Wildman–Crippen MR) is 57.1 cm³/mol. The highest BCUT2D eigenvalue weighted by atomic mass is 16.4. The molecule has 0 saturated heterocycles. The van der Waals surface area contributed by atoms with Crippen molar-refractivity contribution >= 4 is 5.97 Å². The lowest BCUT2D eigenvalue weighted by molar-refractivity contribution is -0.131. The maximum absolute atomic E-state index is 10.6. The molecule has 0 bridgehead atoms. The fourth-order valence-electron chi connectivity index (χ4n) is 2.18. The van der Waals surface area contributed by atoms with E-state index < -0.39 is 5.97 Å². The molecule has 1 saturated carbocycles. The van der Waals surface area contributed by atoms with Gasteiger partial charge in [0, 0.05) is 6.08 Å². The second-order valence-electron chi connectivity index (χ2n) is 4.74. The summed E-state index contributed by atoms with van der Waals surface area (Å²) in [6, 6.07) is 0. The van der Waals surface area contributed by atoms with Crippen molar-refractivity contribution in [3.8, 4) is 0 Å². The minimum atomic E-state index is -0.795. The van der Waals surface area contributed by atoms with Gasteiger partial charge in [-0.25, -0.2) is 4.79 Å². The molecule has 0 aliphatic heterocycles. The largest absolute Gasteiger partial charge is 0.478 e. The number of aliphatic carboxylic acids is 1. The number of rotatable bonds is 2. The van der Waals surface area contributed by atoms with Crippen molar-refractivity contribution in [2.24, 2.45) is 17.8 Å². The standard InChI is InChI=1S/C12H20O2/c1-8(2)10-5-4-9(3)11(6-10)7-12(13)14/h7-10H,4-6H2,1-3H3,(H,13,14)/b11-7-. The molecule has 0 aromatic heterocycles. The van der Waals surface area contributed by atoms with Crippen molar-refractivity contribution < 1.29 is 9.90 Å². The Morgan fingerprint density at radius 2 is 2.14 bits per heavy atom. The van der Waals surface area contributed by atoms with Gasteiger partial charge in [-0.1, -0.05) is 26.3 Å². The summed E-state index contributed by atoms with van der Waals surface area (Å²) in [6.45, 7) is 6.57. The molecule has 0 radical (unpaired) electrons. The van der Waals surface area contributed by atoms with Gasteiger partial charge in [0.25, 0.3) is 0 Å². The molecule has 1 rings (SSSR count). The lowest BCUT2D eigenvalue weighted by atomic mass is 9.74. The number of carboxylic acids is 1. The predicted octanol–water partition coefficient (Wildman–Crippen LogP) is 3.09. The Bertz CT molecular complexity index is 241. The average molecular weight is 196 g/mol. The molecule has 1 N–H and O–H groups in total. The molecule has 0 aromatic rings. The molecule has 2 atom stereocenters. The van der Waals surface area contributed by atoms with E-state index in [-0.39, 0.29) is 0 Å². The Kier molecular flexibility index (Phi) is 3.73. The zero-order chi connectivity index (χ0) is 10.7. The molecule has 1 aliphatic carbocycles. The van der Waals surface area contributed by atoms with E-state index in [0.29, 0.717) is 17.8 Å². The highest BCUT2D eigenvalue weighted by molar-refractivity contribution is 5.80. The Morgan fingerprint density at radius 1 is 1.50 bits per heavy atom. The third-order valence-electron chi connectivity index (χ3n) is 3.35. The maximum atomic E-state index is 10.6. The zero-order valence-corrected chi connectivity index (χ0v) is 9.29. The highest BCUT2D eigenvalue weighted by Gasteiger charge is 2.24. The molecular weight excluding hydrogens is 176 g/mol. The van der Waals surface area contributed by atoms with Crippen molar-refractivity contribution in [1.82, 2.24) is 0 Å². The van der Waals surface area contributed by atoms with Gasteiger partial charge in [-0.2, -0.15) is 0 Å². The van der Waals surface area contributed by atoms with Crippen LogP contribution in [0.5, 0.6) is 0 Å². The number of hydrogen-bond donors (Lipinski definition) is 1. The summed E-state index contributed by atoms with van der Waals surface area (Å²) >= 11 is 0. The quantitative estimate of drug-likeness (QED) is 0.689. The molecule has 2 unspecified atom stereocenters. The number of hydrogen-bond acceptors (Lipinski definition) is 1. The third-order valence-corrected chi connectivity index (χ3v) is 3.35. The summed E-state index contributed by atoms with van der Waals surface area (Å²) in [5.74, 6) is 1.01. The van der Waals surface area contributed by atoms with Crippen LogP contribution in [0.4, 0.5) is 0 Å². The number of allylic oxidation sites excluding steroid dienone is 1. The fraction of sp³-hybridized carbons (Fsp3) is 0.750. The first-order valence-corrected chi connectivity index (χ1v) is 5.44. The number of carbonyl (C=O) groups is 1. The first-order chi connectivity index (χ1) is 6.50. The summed E-state index contributed by atoms with van der Waals surface area (Å²) in [6.07, 6.45) is 4.78. The van der Waals surface area contributed by atoms with Crippen LogP contribution in [0.1, 0.15) is 40.0 Å². The molecule has 2 heteroatoms. The molecule has 14 heavy (non-hydrogen) atoms. The van der Waals surface area contributed by atoms with Gasteiger partial charge in [0.2, 0.25) is 0 Å². The maximum Gasteiger partial charge on any atom is 0.328 e. The van der Waals surface area contributed by atoms with Crippen molar-refractivity contribution in [2.75, 3.05) is 0 Å². The van der Waals surface area contributed by atoms with Crippen molar-refractivity contribution in [1.29, 1.82) is 0 Å². The first kappa shape index (κ1) is 11.3. The number of carboxylic acid groups (broad SMARTS) is 1. The molecule has 1 fully saturated rings. The SMILES string of the molecule is CC1CCC(C(C)C)C/C1=C/C(=O)O. The van der Waals surface area contributed by atoms with Crippen molar-refractivity contribution in [3.63, 3.8) is 0 Å². The van der Waals surface area contributed by atoms with Gasteiger partial charge in [0.05, 0.1) is 0 Å². The van der Waals surface area contributed by atoms with E-state index in [0.717, 1.165) is 18.4 Å². The van der Waals surface area contributed by atoms with E-state index in [2.05, 4.69) is 20.8 Å². The fourth-order valence-corrected chi connectivity index (χ4v) is 2.18. The van der Waals surface area contributed by atoms with E-state index in [9.17, 15) is 4.79 Å². The zero-order valence-electron chi connectivity index (χ0n) is 9.29. The van der Waals surface area contributed by atoms with Gasteiger partial charge >= 0.3 is 5.97 Å². The van der Waals surface area contributed by atoms with Crippen LogP contribution in [0.25, 0.3) is 0 Å². The highest BCUT2D eigenvalue weighted by Crippen LogP contribution is 2.36. The van der Waals surface area contributed by atoms with Crippen molar-refractivity contribution in [3.05, 3.63) is 11.6 Å². The van der Waals surface area contributed by atoms with E-state index in [1.165, 1.54) is 12.5 Å². The van der Waals surface area contributed by atoms with Crippen LogP contribution < -0.4 is 0 Å². The minimum absolute atomic E-state index is 0.459. The smallest absolute Gasteiger partial charge is 0.328 e. The Morgan fingerprint density at radius 3 is 2.64 bits per heavy atom. The third kappa shape index (κ3) is 2.86. The lowest BCUT2D eigenvalue weighted by Gasteiger charge is -2.31. The molecule has 0 amide bonds.